The molecule has 0 atom stereocenters. The van der Waals surface area contributed by atoms with Gasteiger partial charge >= 0.3 is 0 Å². The van der Waals surface area contributed by atoms with Crippen LogP contribution in [0.5, 0.6) is 0 Å². The van der Waals surface area contributed by atoms with Gasteiger partial charge in [0.2, 0.25) is 11.7 Å². The highest BCUT2D eigenvalue weighted by atomic mass is 19.2. The van der Waals surface area contributed by atoms with Gasteiger partial charge in [-0.05, 0) is 11.6 Å². The Bertz CT molecular complexity index is 1010. The molecule has 11 heteroatoms. The first-order valence-corrected chi connectivity index (χ1v) is 8.68. The number of carbonyl (C=O) groups is 1. The predicted octanol–water partition coefficient (Wildman–Crippen LogP) is 3.65. The third kappa shape index (κ3) is 4.09. The third-order valence-corrected chi connectivity index (χ3v) is 4.59. The van der Waals surface area contributed by atoms with Crippen LogP contribution in [0.4, 0.5) is 33.3 Å². The molecule has 2 aromatic carbocycles. The van der Waals surface area contributed by atoms with Crippen molar-refractivity contribution in [2.75, 3.05) is 31.1 Å². The van der Waals surface area contributed by atoms with Gasteiger partial charge in [0.05, 0.1) is 4.92 Å². The Morgan fingerprint density at radius 1 is 0.933 bits per heavy atom. The van der Waals surface area contributed by atoms with Crippen LogP contribution in [0, 0.1) is 39.2 Å². The minimum absolute atomic E-state index is 0.0163. The number of hydrogen-bond acceptors (Lipinski definition) is 4. The van der Waals surface area contributed by atoms with E-state index < -0.39 is 45.6 Å². The van der Waals surface area contributed by atoms with Crippen LogP contribution in [0.15, 0.2) is 30.3 Å². The summed E-state index contributed by atoms with van der Waals surface area (Å²) in [5.74, 6) is -10.6. The summed E-state index contributed by atoms with van der Waals surface area (Å²) in [5.41, 5.74) is -0.732. The zero-order valence-corrected chi connectivity index (χ0v) is 15.2. The minimum Gasteiger partial charge on any atom is -0.363 e. The Kier molecular flexibility index (Phi) is 5.99. The van der Waals surface area contributed by atoms with E-state index in [4.69, 9.17) is 0 Å². The Hall–Kier alpha value is -3.50. The fourth-order valence-electron chi connectivity index (χ4n) is 3.04. The Labute approximate surface area is 167 Å². The molecule has 0 radical (unpaired) electrons. The molecule has 1 amide bonds. The highest BCUT2D eigenvalue weighted by Crippen LogP contribution is 2.30. The molecule has 1 fully saturated rings. The maximum absolute atomic E-state index is 13.9. The smallest absolute Gasteiger partial charge is 0.270 e. The molecule has 1 aliphatic rings. The number of nitrogens with zero attached hydrogens (tertiary/aromatic N) is 3. The maximum atomic E-state index is 13.9. The van der Waals surface area contributed by atoms with Gasteiger partial charge in [-0.2, -0.15) is 0 Å². The van der Waals surface area contributed by atoms with Gasteiger partial charge in [-0.1, -0.05) is 12.1 Å². The largest absolute Gasteiger partial charge is 0.363 e. The second-order valence-electron chi connectivity index (χ2n) is 6.42. The van der Waals surface area contributed by atoms with Crippen LogP contribution in [-0.4, -0.2) is 41.9 Å². The number of halogens is 5. The molecule has 0 saturated carbocycles. The second-order valence-corrected chi connectivity index (χ2v) is 6.42. The predicted molar refractivity (Wildman–Crippen MR) is 97.2 cm³/mol. The summed E-state index contributed by atoms with van der Waals surface area (Å²) in [7, 11) is 0. The lowest BCUT2D eigenvalue weighted by Crippen LogP contribution is -2.49. The zero-order chi connectivity index (χ0) is 22.0. The van der Waals surface area contributed by atoms with Crippen LogP contribution in [0.1, 0.15) is 5.56 Å². The third-order valence-electron chi connectivity index (χ3n) is 4.59. The maximum Gasteiger partial charge on any atom is 0.270 e. The lowest BCUT2D eigenvalue weighted by Gasteiger charge is -2.36. The number of rotatable bonds is 4. The fourth-order valence-corrected chi connectivity index (χ4v) is 3.04. The molecule has 1 saturated heterocycles. The topological polar surface area (TPSA) is 66.7 Å². The van der Waals surface area contributed by atoms with Gasteiger partial charge in [0.25, 0.3) is 5.69 Å². The van der Waals surface area contributed by atoms with Crippen LogP contribution in [0.25, 0.3) is 6.08 Å². The second kappa shape index (κ2) is 8.47. The van der Waals surface area contributed by atoms with Gasteiger partial charge in [0, 0.05) is 44.4 Å². The van der Waals surface area contributed by atoms with Crippen molar-refractivity contribution >= 4 is 23.4 Å². The molecule has 30 heavy (non-hydrogen) atoms. The summed E-state index contributed by atoms with van der Waals surface area (Å²) in [5, 5.41) is 10.8. The first-order valence-electron chi connectivity index (χ1n) is 8.68. The summed E-state index contributed by atoms with van der Waals surface area (Å²) < 4.78 is 67.9. The molecule has 0 aliphatic carbocycles. The quantitative estimate of drug-likeness (QED) is 0.187. The summed E-state index contributed by atoms with van der Waals surface area (Å²) in [6, 6.07) is 5.62. The van der Waals surface area contributed by atoms with E-state index in [1.54, 1.807) is 6.07 Å². The first-order chi connectivity index (χ1) is 14.2. The highest BCUT2D eigenvalue weighted by Gasteiger charge is 2.31. The number of anilines is 1. The molecule has 0 spiro atoms. The summed E-state index contributed by atoms with van der Waals surface area (Å²) in [6.45, 7) is -0.321. The lowest BCUT2D eigenvalue weighted by molar-refractivity contribution is -0.384. The summed E-state index contributed by atoms with van der Waals surface area (Å²) in [6.07, 6.45) is 2.57. The van der Waals surface area contributed by atoms with Crippen LogP contribution in [0.2, 0.25) is 0 Å². The van der Waals surface area contributed by atoms with Gasteiger partial charge in [-0.3, -0.25) is 14.9 Å². The number of benzene rings is 2. The normalized spacial score (nSPS) is 14.4. The standard InChI is InChI=1S/C19H14F5N3O3/c20-14-15(21)17(23)19(18(24)16(14)22)26-8-6-25(7-9-26)13(28)5-4-11-2-1-3-12(10-11)27(29)30/h1-5,10H,6-9H2. The van der Waals surface area contributed by atoms with E-state index in [1.807, 2.05) is 0 Å². The van der Waals surface area contributed by atoms with Crippen molar-refractivity contribution in [3.8, 4) is 0 Å². The average molecular weight is 427 g/mol. The Morgan fingerprint density at radius 2 is 1.50 bits per heavy atom. The SMILES string of the molecule is O=C(C=Cc1cccc([N+](=O)[O-])c1)N1CCN(c2c(F)c(F)c(F)c(F)c2F)CC1. The molecule has 0 unspecified atom stereocenters. The lowest BCUT2D eigenvalue weighted by atomic mass is 10.1. The van der Waals surface area contributed by atoms with Crippen LogP contribution in [-0.2, 0) is 4.79 Å². The van der Waals surface area contributed by atoms with Crippen molar-refractivity contribution in [3.63, 3.8) is 0 Å². The van der Waals surface area contributed by atoms with Crippen molar-refractivity contribution < 1.29 is 31.7 Å². The first kappa shape index (κ1) is 21.2. The monoisotopic (exact) mass is 427 g/mol. The number of carbonyl (C=O) groups excluding carboxylic acids is 1. The minimum atomic E-state index is -2.23. The van der Waals surface area contributed by atoms with E-state index in [9.17, 15) is 36.9 Å². The molecular weight excluding hydrogens is 413 g/mol. The molecule has 2 aromatic rings. The molecule has 3 rings (SSSR count). The molecule has 6 nitrogen and oxygen atoms in total. The molecule has 158 valence electrons. The van der Waals surface area contributed by atoms with Crippen LogP contribution >= 0.6 is 0 Å². The molecule has 1 aliphatic heterocycles. The van der Waals surface area contributed by atoms with Gasteiger partial charge in [-0.15, -0.1) is 0 Å². The van der Waals surface area contributed by atoms with Crippen LogP contribution < -0.4 is 4.90 Å². The van der Waals surface area contributed by atoms with E-state index in [0.717, 1.165) is 4.90 Å². The number of non-ortho nitro benzene ring substituents is 1. The van der Waals surface area contributed by atoms with Gasteiger partial charge in [-0.25, -0.2) is 22.0 Å². The average Bonchev–Trinajstić information content (AvgIpc) is 2.75. The Balaban J connectivity index is 1.68. The zero-order valence-electron chi connectivity index (χ0n) is 15.2. The highest BCUT2D eigenvalue weighted by molar-refractivity contribution is 5.92. The van der Waals surface area contributed by atoms with Gasteiger partial charge in [0.1, 0.15) is 5.69 Å². The van der Waals surface area contributed by atoms with E-state index >= 15 is 0 Å². The number of nitro benzene ring substituents is 1. The van der Waals surface area contributed by atoms with Gasteiger partial charge < -0.3 is 9.80 Å². The van der Waals surface area contributed by atoms with E-state index in [1.165, 1.54) is 35.3 Å². The summed E-state index contributed by atoms with van der Waals surface area (Å²) >= 11 is 0. The Morgan fingerprint density at radius 3 is 2.07 bits per heavy atom. The van der Waals surface area contributed by atoms with Gasteiger partial charge in [0.15, 0.2) is 23.3 Å². The number of hydrogen-bond donors (Lipinski definition) is 0. The van der Waals surface area contributed by atoms with Crippen molar-refractivity contribution in [2.45, 2.75) is 0 Å². The van der Waals surface area contributed by atoms with Crippen molar-refractivity contribution in [1.82, 2.24) is 4.90 Å². The fraction of sp³-hybridized carbons (Fsp3) is 0.211. The van der Waals surface area contributed by atoms with E-state index in [2.05, 4.69) is 0 Å². The molecule has 0 aromatic heterocycles. The van der Waals surface area contributed by atoms with E-state index in [-0.39, 0.29) is 31.9 Å². The number of amides is 1. The number of nitro groups is 1. The number of piperazine rings is 1. The van der Waals surface area contributed by atoms with Crippen molar-refractivity contribution in [3.05, 3.63) is 75.1 Å². The van der Waals surface area contributed by atoms with E-state index in [0.29, 0.717) is 5.56 Å². The molecule has 1 heterocycles. The van der Waals surface area contributed by atoms with Crippen molar-refractivity contribution in [1.29, 1.82) is 0 Å². The van der Waals surface area contributed by atoms with Crippen molar-refractivity contribution in [2.24, 2.45) is 0 Å². The molecule has 0 bridgehead atoms. The molecule has 0 N–H and O–H groups in total. The van der Waals surface area contributed by atoms with Crippen LogP contribution in [0.3, 0.4) is 0 Å². The molecular formula is C19H14F5N3O3. The summed E-state index contributed by atoms with van der Waals surface area (Å²) in [4.78, 5) is 24.8.